The number of fused-ring (bicyclic) bond motifs is 9. The fraction of sp³-hybridized carbons (Fsp3) is 0.0385. The van der Waals surface area contributed by atoms with E-state index in [1.54, 1.807) is 0 Å². The Kier molecular flexibility index (Phi) is 7.83. The molecule has 0 radical (unpaired) electrons. The Bertz CT molecular complexity index is 2930. The summed E-state index contributed by atoms with van der Waals surface area (Å²) in [7, 11) is 0. The van der Waals surface area contributed by atoms with Gasteiger partial charge in [-0.2, -0.15) is 0 Å². The predicted molar refractivity (Wildman–Crippen MR) is 231 cm³/mol. The summed E-state index contributed by atoms with van der Waals surface area (Å²) in [5, 5.41) is 9.30. The normalized spacial score (nSPS) is 13.1. The van der Waals surface area contributed by atoms with Crippen LogP contribution in [0.5, 0.6) is 0 Å². The van der Waals surface area contributed by atoms with E-state index in [9.17, 15) is 0 Å². The van der Waals surface area contributed by atoms with E-state index in [-0.39, 0.29) is 0 Å². The summed E-state index contributed by atoms with van der Waals surface area (Å²) in [5.74, 6) is 0.601. The maximum atomic E-state index is 5.11. The molecule has 0 bridgehead atoms. The molecule has 0 saturated heterocycles. The van der Waals surface area contributed by atoms with Crippen molar-refractivity contribution in [3.05, 3.63) is 216 Å². The quantitative estimate of drug-likeness (QED) is 0.176. The van der Waals surface area contributed by atoms with Crippen molar-refractivity contribution >= 4 is 11.8 Å². The first kappa shape index (κ1) is 33.4. The van der Waals surface area contributed by atoms with Gasteiger partial charge in [0, 0.05) is 43.9 Å². The molecule has 0 saturated carbocycles. The molecule has 11 rings (SSSR count). The van der Waals surface area contributed by atoms with Crippen molar-refractivity contribution in [1.82, 2.24) is 20.2 Å². The van der Waals surface area contributed by atoms with Gasteiger partial charge < -0.3 is 0 Å². The third-order valence-corrected chi connectivity index (χ3v) is 12.6. The lowest BCUT2D eigenvalue weighted by Crippen LogP contribution is -2.31. The van der Waals surface area contributed by atoms with Crippen LogP contribution < -0.4 is 0 Å². The molecule has 0 fully saturated rings. The molecule has 268 valence electrons. The minimum absolute atomic E-state index is 0.468. The molecule has 0 N–H and O–H groups in total. The Morgan fingerprint density at radius 3 is 1.72 bits per heavy atom. The van der Waals surface area contributed by atoms with Crippen molar-refractivity contribution in [3.8, 4) is 67.3 Å². The molecule has 0 amide bonds. The molecular weight excluding hydrogens is 713 g/mol. The average Bonchev–Trinajstić information content (AvgIpc) is 3.57. The zero-order chi connectivity index (χ0) is 37.9. The molecule has 1 aliphatic carbocycles. The lowest BCUT2D eigenvalue weighted by atomic mass is 9.67. The van der Waals surface area contributed by atoms with Gasteiger partial charge in [-0.25, -0.2) is 4.98 Å². The first-order valence-corrected chi connectivity index (χ1v) is 20.0. The van der Waals surface area contributed by atoms with Crippen molar-refractivity contribution < 1.29 is 0 Å². The second-order valence-corrected chi connectivity index (χ2v) is 15.7. The van der Waals surface area contributed by atoms with E-state index in [1.807, 2.05) is 73.4 Å². The second kappa shape index (κ2) is 13.4. The molecule has 1 spiro atoms. The van der Waals surface area contributed by atoms with Crippen molar-refractivity contribution in [2.75, 3.05) is 0 Å². The van der Waals surface area contributed by atoms with Gasteiger partial charge in [0.05, 0.1) is 5.41 Å². The van der Waals surface area contributed by atoms with E-state index in [1.165, 1.54) is 48.7 Å². The highest BCUT2D eigenvalue weighted by Gasteiger charge is 2.50. The summed E-state index contributed by atoms with van der Waals surface area (Å²) in [6, 6.07) is 65.1. The number of aryl methyl sites for hydroxylation is 1. The Labute approximate surface area is 336 Å². The highest BCUT2D eigenvalue weighted by atomic mass is 32.2. The Balaban J connectivity index is 1.09. The minimum Gasteiger partial charge on any atom is -0.261 e. The Hall–Kier alpha value is -6.95. The van der Waals surface area contributed by atoms with Crippen LogP contribution in [0.15, 0.2) is 198 Å². The lowest BCUT2D eigenvalue weighted by molar-refractivity contribution is 0.722. The topological polar surface area (TPSA) is 51.6 Å². The summed E-state index contributed by atoms with van der Waals surface area (Å²) in [4.78, 5) is 12.4. The highest BCUT2D eigenvalue weighted by Crippen LogP contribution is 2.63. The van der Waals surface area contributed by atoms with E-state index < -0.39 is 5.41 Å². The van der Waals surface area contributed by atoms with Gasteiger partial charge in [0.1, 0.15) is 11.4 Å². The summed E-state index contributed by atoms with van der Waals surface area (Å²) in [6.07, 6.45) is 2.02. The van der Waals surface area contributed by atoms with E-state index in [0.717, 1.165) is 50.5 Å². The fourth-order valence-corrected chi connectivity index (χ4v) is 10.0. The molecule has 0 unspecified atom stereocenters. The van der Waals surface area contributed by atoms with Crippen LogP contribution in [0, 0.1) is 6.92 Å². The number of aromatic nitrogens is 4. The van der Waals surface area contributed by atoms with Crippen LogP contribution in [0.3, 0.4) is 0 Å². The third kappa shape index (κ3) is 5.31. The van der Waals surface area contributed by atoms with Gasteiger partial charge in [-0.05, 0) is 81.3 Å². The number of hydrogen-bond acceptors (Lipinski definition) is 5. The summed E-state index contributed by atoms with van der Waals surface area (Å²) in [5.41, 5.74) is 17.4. The number of rotatable bonds is 5. The molecule has 4 nitrogen and oxygen atoms in total. The smallest absolute Gasteiger partial charge is 0.182 e. The molecule has 3 heterocycles. The zero-order valence-electron chi connectivity index (χ0n) is 31.1. The van der Waals surface area contributed by atoms with E-state index in [4.69, 9.17) is 15.1 Å². The Morgan fingerprint density at radius 1 is 0.421 bits per heavy atom. The van der Waals surface area contributed by atoms with Crippen LogP contribution in [-0.2, 0) is 5.41 Å². The van der Waals surface area contributed by atoms with Crippen molar-refractivity contribution in [2.24, 2.45) is 0 Å². The van der Waals surface area contributed by atoms with Crippen LogP contribution in [0.2, 0.25) is 0 Å². The maximum absolute atomic E-state index is 5.11. The molecule has 2 aliphatic rings. The zero-order valence-corrected chi connectivity index (χ0v) is 31.9. The first-order valence-electron chi connectivity index (χ1n) is 19.2. The molecule has 1 aliphatic heterocycles. The average molecular weight is 747 g/mol. The summed E-state index contributed by atoms with van der Waals surface area (Å²) in [6.45, 7) is 2.04. The molecule has 2 aromatic heterocycles. The van der Waals surface area contributed by atoms with Gasteiger partial charge in [0.2, 0.25) is 0 Å². The van der Waals surface area contributed by atoms with Crippen LogP contribution in [0.25, 0.3) is 67.3 Å². The molecule has 57 heavy (non-hydrogen) atoms. The molecule has 0 atom stereocenters. The molecular formula is C52H34N4S. The van der Waals surface area contributed by atoms with Gasteiger partial charge in [-0.3, -0.25) is 4.98 Å². The largest absolute Gasteiger partial charge is 0.261 e. The van der Waals surface area contributed by atoms with Crippen molar-refractivity contribution in [1.29, 1.82) is 0 Å². The third-order valence-electron chi connectivity index (χ3n) is 11.4. The van der Waals surface area contributed by atoms with Crippen molar-refractivity contribution in [3.63, 3.8) is 0 Å². The lowest BCUT2D eigenvalue weighted by Gasteiger charge is -2.39. The van der Waals surface area contributed by atoms with Gasteiger partial charge in [-0.15, -0.1) is 10.2 Å². The van der Waals surface area contributed by atoms with Gasteiger partial charge >= 0.3 is 0 Å². The molecule has 9 aromatic rings. The number of nitrogens with zero attached hydrogens (tertiary/aromatic N) is 4. The monoisotopic (exact) mass is 746 g/mol. The SMILES string of the molecule is Cc1ccc(-c2cccc3c2-c2cc(-c4ccc(-c5nc(-c6ccccc6)nnc5-c5ccccc5)cc4)ccc2C32c3ccccc3Sc3ccccc32)cn1. The standard InChI is InChI=1S/C52H34N4S/c1-33-23-24-39(32-53-33)40-17-12-20-45-48(40)41-31-38(29-30-42(41)52(45)43-18-8-10-21-46(43)57-47-22-11-9-19-44(47)52)34-25-27-36(28-26-34)49-50(35-13-4-2-5-14-35)55-56-51(54-49)37-15-6-3-7-16-37/h2-32H,1H3. The minimum atomic E-state index is -0.468. The first-order chi connectivity index (χ1) is 28.2. The Morgan fingerprint density at radius 2 is 1.02 bits per heavy atom. The number of benzene rings is 7. The van der Waals surface area contributed by atoms with E-state index >= 15 is 0 Å². The van der Waals surface area contributed by atoms with Gasteiger partial charge in [0.25, 0.3) is 0 Å². The van der Waals surface area contributed by atoms with Crippen LogP contribution in [-0.4, -0.2) is 20.2 Å². The van der Waals surface area contributed by atoms with Gasteiger partial charge in [0.15, 0.2) is 5.82 Å². The maximum Gasteiger partial charge on any atom is 0.182 e. The fourth-order valence-electron chi connectivity index (χ4n) is 8.85. The van der Waals surface area contributed by atoms with Crippen molar-refractivity contribution in [2.45, 2.75) is 22.1 Å². The van der Waals surface area contributed by atoms with E-state index in [0.29, 0.717) is 5.82 Å². The summed E-state index contributed by atoms with van der Waals surface area (Å²) >= 11 is 1.87. The van der Waals surface area contributed by atoms with Crippen LogP contribution in [0.1, 0.15) is 27.9 Å². The predicted octanol–water partition coefficient (Wildman–Crippen LogP) is 12.7. The van der Waals surface area contributed by atoms with E-state index in [2.05, 4.69) is 139 Å². The number of pyridine rings is 1. The summed E-state index contributed by atoms with van der Waals surface area (Å²) < 4.78 is 0. The number of hydrogen-bond donors (Lipinski definition) is 0. The van der Waals surface area contributed by atoms with Crippen LogP contribution in [0.4, 0.5) is 0 Å². The van der Waals surface area contributed by atoms with Gasteiger partial charge in [-0.1, -0.05) is 169 Å². The molecule has 7 aromatic carbocycles. The second-order valence-electron chi connectivity index (χ2n) is 14.7. The molecule has 5 heteroatoms. The highest BCUT2D eigenvalue weighted by molar-refractivity contribution is 7.99. The van der Waals surface area contributed by atoms with Crippen LogP contribution >= 0.6 is 11.8 Å².